The number of nitrogens with one attached hydrogen (secondary N) is 1. The van der Waals surface area contributed by atoms with Gasteiger partial charge in [0.15, 0.2) is 6.35 Å². The Balaban J connectivity index is 3.68. The smallest absolute Gasteiger partial charge is 0.303 e. The average Bonchev–Trinajstić information content (AvgIpc) is 1.85. The van der Waals surface area contributed by atoms with Crippen molar-refractivity contribution in [3.63, 3.8) is 0 Å². The Bertz CT molecular complexity index is 169. The van der Waals surface area contributed by atoms with Crippen LogP contribution in [0.3, 0.4) is 0 Å². The highest BCUT2D eigenvalue weighted by Gasteiger charge is 2.15. The van der Waals surface area contributed by atoms with Crippen LogP contribution in [0.5, 0.6) is 0 Å². The van der Waals surface area contributed by atoms with Crippen molar-refractivity contribution < 1.29 is 19.0 Å². The van der Waals surface area contributed by atoms with Crippen molar-refractivity contribution >= 4 is 13.5 Å². The molecular formula is C4H10NO4P. The molecule has 0 spiro atoms. The fraction of sp³-hybridized carbons (Fsp3) is 0.750. The second-order valence-corrected chi connectivity index (χ2v) is 3.80. The fourth-order valence-corrected chi connectivity index (χ4v) is 0.729. The van der Waals surface area contributed by atoms with Gasteiger partial charge in [0.05, 0.1) is 0 Å². The molecule has 0 aromatic rings. The Morgan fingerprint density at radius 1 is 1.80 bits per heavy atom. The van der Waals surface area contributed by atoms with Gasteiger partial charge < -0.3 is 9.63 Å². The van der Waals surface area contributed by atoms with Crippen LogP contribution >= 0.6 is 7.52 Å². The fourth-order valence-electron chi connectivity index (χ4n) is 0.243. The molecule has 6 heteroatoms. The summed E-state index contributed by atoms with van der Waals surface area (Å²) in [6.07, 6.45) is -0.473. The van der Waals surface area contributed by atoms with E-state index in [0.29, 0.717) is 0 Å². The van der Waals surface area contributed by atoms with E-state index < -0.39 is 19.8 Å². The Morgan fingerprint density at radius 3 is 2.60 bits per heavy atom. The van der Waals surface area contributed by atoms with Gasteiger partial charge in [-0.15, -0.1) is 0 Å². The van der Waals surface area contributed by atoms with Crippen molar-refractivity contribution in [1.82, 2.24) is 5.09 Å². The molecule has 0 radical (unpaired) electrons. The van der Waals surface area contributed by atoms with E-state index in [1.54, 1.807) is 0 Å². The lowest BCUT2D eigenvalue weighted by atomic mass is 10.8. The van der Waals surface area contributed by atoms with Gasteiger partial charge in [-0.1, -0.05) is 0 Å². The van der Waals surface area contributed by atoms with E-state index >= 15 is 0 Å². The van der Waals surface area contributed by atoms with Crippen LogP contribution in [-0.4, -0.2) is 24.3 Å². The Morgan fingerprint density at radius 2 is 2.30 bits per heavy atom. The number of esters is 1. The number of carbonyl (C=O) groups is 1. The highest BCUT2D eigenvalue weighted by molar-refractivity contribution is 7.55. The molecule has 0 amide bonds. The number of ether oxygens (including phenoxy) is 1. The van der Waals surface area contributed by atoms with Crippen LogP contribution in [0.4, 0.5) is 0 Å². The SMILES string of the molecule is CNP(=O)(O)COC(C)=O. The molecule has 5 nitrogen and oxygen atoms in total. The van der Waals surface area contributed by atoms with Crippen LogP contribution in [0.2, 0.25) is 0 Å². The van der Waals surface area contributed by atoms with E-state index in [9.17, 15) is 9.36 Å². The van der Waals surface area contributed by atoms with Gasteiger partial charge in [-0.2, -0.15) is 0 Å². The summed E-state index contributed by atoms with van der Waals surface area (Å²) in [5, 5.41) is 2.13. The first-order valence-electron chi connectivity index (χ1n) is 2.62. The third-order valence-corrected chi connectivity index (χ3v) is 1.97. The summed E-state index contributed by atoms with van der Waals surface area (Å²) in [5.74, 6) is -0.565. The second-order valence-electron chi connectivity index (χ2n) is 1.69. The van der Waals surface area contributed by atoms with Gasteiger partial charge in [-0.25, -0.2) is 5.09 Å². The van der Waals surface area contributed by atoms with Gasteiger partial charge in [0.1, 0.15) is 0 Å². The largest absolute Gasteiger partial charge is 0.454 e. The predicted octanol–water partition coefficient (Wildman–Crippen LogP) is -0.0882. The third-order valence-electron chi connectivity index (χ3n) is 0.792. The zero-order valence-electron chi connectivity index (χ0n) is 5.83. The summed E-state index contributed by atoms with van der Waals surface area (Å²) in [5.41, 5.74) is 0. The maximum Gasteiger partial charge on any atom is 0.303 e. The topological polar surface area (TPSA) is 75.6 Å². The van der Waals surface area contributed by atoms with Crippen LogP contribution in [-0.2, 0) is 14.1 Å². The minimum Gasteiger partial charge on any atom is -0.454 e. The lowest BCUT2D eigenvalue weighted by molar-refractivity contribution is -0.139. The monoisotopic (exact) mass is 167 g/mol. The summed E-state index contributed by atoms with van der Waals surface area (Å²) >= 11 is 0. The van der Waals surface area contributed by atoms with Gasteiger partial charge >= 0.3 is 13.5 Å². The zero-order chi connectivity index (χ0) is 8.20. The number of hydrogen-bond acceptors (Lipinski definition) is 3. The van der Waals surface area contributed by atoms with E-state index in [1.807, 2.05) is 0 Å². The van der Waals surface area contributed by atoms with E-state index in [-0.39, 0.29) is 0 Å². The molecule has 2 N–H and O–H groups in total. The molecule has 0 bridgehead atoms. The predicted molar refractivity (Wildman–Crippen MR) is 35.5 cm³/mol. The molecule has 0 saturated carbocycles. The summed E-state index contributed by atoms with van der Waals surface area (Å²) in [7, 11) is -2.10. The Kier molecular flexibility index (Phi) is 3.57. The molecule has 0 aliphatic rings. The minimum absolute atomic E-state index is 0.473. The highest BCUT2D eigenvalue weighted by atomic mass is 31.2. The van der Waals surface area contributed by atoms with Crippen LogP contribution in [0.1, 0.15) is 6.92 Å². The van der Waals surface area contributed by atoms with Gasteiger partial charge in [0.25, 0.3) is 0 Å². The third kappa shape index (κ3) is 4.49. The van der Waals surface area contributed by atoms with E-state index in [1.165, 1.54) is 14.0 Å². The normalized spacial score (nSPS) is 15.9. The molecule has 0 rings (SSSR count). The quantitative estimate of drug-likeness (QED) is 0.454. The van der Waals surface area contributed by atoms with Crippen molar-refractivity contribution in [3.8, 4) is 0 Å². The van der Waals surface area contributed by atoms with E-state index in [0.717, 1.165) is 0 Å². The molecule has 1 unspecified atom stereocenters. The van der Waals surface area contributed by atoms with Gasteiger partial charge in [-0.05, 0) is 7.05 Å². The molecule has 60 valence electrons. The first-order valence-corrected chi connectivity index (χ1v) is 4.46. The molecule has 10 heavy (non-hydrogen) atoms. The second kappa shape index (κ2) is 3.71. The zero-order valence-corrected chi connectivity index (χ0v) is 6.72. The Hall–Kier alpha value is -0.380. The molecular weight excluding hydrogens is 157 g/mol. The number of carbonyl (C=O) groups excluding carboxylic acids is 1. The first kappa shape index (κ1) is 9.62. The molecule has 0 saturated heterocycles. The standard InChI is InChI=1S/C4H10NO4P/c1-4(6)9-3-10(7,8)5-2/h3H2,1-2H3,(H2,5,7,8). The number of rotatable bonds is 3. The van der Waals surface area contributed by atoms with Crippen LogP contribution in [0.15, 0.2) is 0 Å². The van der Waals surface area contributed by atoms with Gasteiger partial charge in [0.2, 0.25) is 0 Å². The van der Waals surface area contributed by atoms with Crippen LogP contribution < -0.4 is 5.09 Å². The summed E-state index contributed by atoms with van der Waals surface area (Å²) in [6.45, 7) is 1.18. The maximum atomic E-state index is 10.7. The molecule has 0 aromatic heterocycles. The summed E-state index contributed by atoms with van der Waals surface area (Å²) < 4.78 is 14.9. The molecule has 0 aliphatic heterocycles. The minimum atomic E-state index is -3.42. The van der Waals surface area contributed by atoms with Crippen LogP contribution in [0, 0.1) is 0 Å². The first-order chi connectivity index (χ1) is 4.48. The van der Waals surface area contributed by atoms with Crippen molar-refractivity contribution in [1.29, 1.82) is 0 Å². The number of hydrogen-bond donors (Lipinski definition) is 2. The molecule has 0 heterocycles. The van der Waals surface area contributed by atoms with E-state index in [2.05, 4.69) is 9.82 Å². The molecule has 1 atom stereocenters. The van der Waals surface area contributed by atoms with E-state index in [4.69, 9.17) is 4.89 Å². The van der Waals surface area contributed by atoms with Crippen LogP contribution in [0.25, 0.3) is 0 Å². The lowest BCUT2D eigenvalue weighted by Gasteiger charge is -2.08. The van der Waals surface area contributed by atoms with Crippen molar-refractivity contribution in [2.75, 3.05) is 13.4 Å². The van der Waals surface area contributed by atoms with Gasteiger partial charge in [0, 0.05) is 6.92 Å². The lowest BCUT2D eigenvalue weighted by Crippen LogP contribution is -2.10. The van der Waals surface area contributed by atoms with Crippen molar-refractivity contribution in [2.24, 2.45) is 0 Å². The van der Waals surface area contributed by atoms with Gasteiger partial charge in [-0.3, -0.25) is 9.36 Å². The van der Waals surface area contributed by atoms with Crippen molar-refractivity contribution in [2.45, 2.75) is 6.92 Å². The molecule has 0 fully saturated rings. The highest BCUT2D eigenvalue weighted by Crippen LogP contribution is 2.33. The molecule has 0 aliphatic carbocycles. The summed E-state index contributed by atoms with van der Waals surface area (Å²) in [4.78, 5) is 18.9. The maximum absolute atomic E-state index is 10.7. The Labute approximate surface area is 58.9 Å². The average molecular weight is 167 g/mol. The molecule has 0 aromatic carbocycles. The summed E-state index contributed by atoms with van der Waals surface area (Å²) in [6, 6.07) is 0. The van der Waals surface area contributed by atoms with Crippen molar-refractivity contribution in [3.05, 3.63) is 0 Å².